The fraction of sp³-hybridized carbons (Fsp3) is 0.233. The van der Waals surface area contributed by atoms with Crippen molar-refractivity contribution in [2.45, 2.75) is 26.8 Å². The van der Waals surface area contributed by atoms with Crippen LogP contribution in [0.25, 0.3) is 16.8 Å². The molecule has 1 aromatic heterocycles. The van der Waals surface area contributed by atoms with Gasteiger partial charge in [0.2, 0.25) is 0 Å². The summed E-state index contributed by atoms with van der Waals surface area (Å²) >= 11 is 13.8. The van der Waals surface area contributed by atoms with Gasteiger partial charge in [-0.1, -0.05) is 70.9 Å². The second-order valence-electron chi connectivity index (χ2n) is 9.13. The Balaban J connectivity index is 1.86. The summed E-state index contributed by atoms with van der Waals surface area (Å²) in [5, 5.41) is 2.83. The first kappa shape index (κ1) is 27.2. The molecule has 3 aromatic carbocycles. The van der Waals surface area contributed by atoms with E-state index in [1.807, 2.05) is 57.2 Å². The Morgan fingerprint density at radius 1 is 1.13 bits per heavy atom. The fourth-order valence-corrected chi connectivity index (χ4v) is 6.55. The number of amides is 1. The summed E-state index contributed by atoms with van der Waals surface area (Å²) in [6, 6.07) is 16.2. The van der Waals surface area contributed by atoms with E-state index in [1.54, 1.807) is 40.9 Å². The molecule has 0 fully saturated rings. The SMILES string of the molecule is CCN(CC)C(=O)C1=C(C)N=c2s/c(=C/c3ccc(Cl)cc3Cl)c(=O)n2[C@H]1c1c(OC)ccc2ccccc12. The van der Waals surface area contributed by atoms with E-state index >= 15 is 0 Å². The number of fused-ring (bicyclic) bond motifs is 2. The van der Waals surface area contributed by atoms with Crippen LogP contribution in [0.1, 0.15) is 37.9 Å². The molecule has 2 heterocycles. The molecule has 0 aliphatic carbocycles. The van der Waals surface area contributed by atoms with E-state index in [1.165, 1.54) is 11.3 Å². The maximum Gasteiger partial charge on any atom is 0.271 e. The van der Waals surface area contributed by atoms with Crippen molar-refractivity contribution in [1.29, 1.82) is 0 Å². The maximum atomic E-state index is 14.1. The van der Waals surface area contributed by atoms with E-state index in [0.29, 0.717) is 55.1 Å². The summed E-state index contributed by atoms with van der Waals surface area (Å²) in [6.07, 6.45) is 1.74. The summed E-state index contributed by atoms with van der Waals surface area (Å²) in [4.78, 5) is 35.2. The van der Waals surface area contributed by atoms with Gasteiger partial charge < -0.3 is 9.64 Å². The Bertz CT molecular complexity index is 1820. The van der Waals surface area contributed by atoms with Crippen molar-refractivity contribution in [2.24, 2.45) is 4.99 Å². The van der Waals surface area contributed by atoms with Crippen LogP contribution in [0.3, 0.4) is 0 Å². The first-order valence-corrected chi connectivity index (χ1v) is 14.2. The van der Waals surface area contributed by atoms with Crippen LogP contribution in [0.15, 0.2) is 75.7 Å². The van der Waals surface area contributed by atoms with Crippen molar-refractivity contribution in [1.82, 2.24) is 9.47 Å². The fourth-order valence-electron chi connectivity index (χ4n) is 5.04. The predicted octanol–water partition coefficient (Wildman–Crippen LogP) is 5.57. The first-order chi connectivity index (χ1) is 18.8. The van der Waals surface area contributed by atoms with Gasteiger partial charge in [0.05, 0.1) is 22.9 Å². The molecule has 9 heteroatoms. The molecule has 1 aliphatic rings. The molecule has 6 nitrogen and oxygen atoms in total. The molecule has 1 atom stereocenters. The van der Waals surface area contributed by atoms with Gasteiger partial charge in [-0.3, -0.25) is 14.2 Å². The number of methoxy groups -OCH3 is 1. The van der Waals surface area contributed by atoms with E-state index in [0.717, 1.165) is 16.3 Å². The van der Waals surface area contributed by atoms with Crippen molar-refractivity contribution >= 4 is 57.3 Å². The van der Waals surface area contributed by atoms with Crippen LogP contribution in [0, 0.1) is 0 Å². The van der Waals surface area contributed by atoms with Crippen molar-refractivity contribution in [2.75, 3.05) is 20.2 Å². The van der Waals surface area contributed by atoms with Gasteiger partial charge in [0, 0.05) is 28.7 Å². The zero-order valence-corrected chi connectivity index (χ0v) is 24.3. The van der Waals surface area contributed by atoms with Gasteiger partial charge in [0.25, 0.3) is 11.5 Å². The van der Waals surface area contributed by atoms with Gasteiger partial charge in [-0.15, -0.1) is 0 Å². The van der Waals surface area contributed by atoms with E-state index in [4.69, 9.17) is 32.9 Å². The minimum atomic E-state index is -0.738. The number of nitrogens with zero attached hydrogens (tertiary/aromatic N) is 3. The van der Waals surface area contributed by atoms with Crippen LogP contribution in [0.5, 0.6) is 5.75 Å². The predicted molar refractivity (Wildman–Crippen MR) is 159 cm³/mol. The molecule has 0 radical (unpaired) electrons. The number of aromatic nitrogens is 1. The molecular weight excluding hydrogens is 553 g/mol. The molecule has 0 saturated heterocycles. The van der Waals surface area contributed by atoms with Gasteiger partial charge in [-0.2, -0.15) is 0 Å². The molecule has 39 heavy (non-hydrogen) atoms. The van der Waals surface area contributed by atoms with E-state index in [9.17, 15) is 9.59 Å². The zero-order valence-electron chi connectivity index (χ0n) is 22.0. The topological polar surface area (TPSA) is 63.9 Å². The zero-order chi connectivity index (χ0) is 27.8. The van der Waals surface area contributed by atoms with Gasteiger partial charge in [-0.25, -0.2) is 4.99 Å². The average Bonchev–Trinajstić information content (AvgIpc) is 3.23. The molecule has 0 N–H and O–H groups in total. The number of carbonyl (C=O) groups is 1. The number of carbonyl (C=O) groups excluding carboxylic acids is 1. The van der Waals surface area contributed by atoms with Gasteiger partial charge in [0.15, 0.2) is 4.80 Å². The Morgan fingerprint density at radius 3 is 2.56 bits per heavy atom. The summed E-state index contributed by atoms with van der Waals surface area (Å²) in [6.45, 7) is 6.77. The lowest BCUT2D eigenvalue weighted by Crippen LogP contribution is -2.43. The third-order valence-electron chi connectivity index (χ3n) is 6.98. The molecule has 0 spiro atoms. The van der Waals surface area contributed by atoms with Gasteiger partial charge >= 0.3 is 0 Å². The molecule has 5 rings (SSSR count). The van der Waals surface area contributed by atoms with Gasteiger partial charge in [0.1, 0.15) is 11.8 Å². The molecule has 0 bridgehead atoms. The van der Waals surface area contributed by atoms with Crippen LogP contribution >= 0.6 is 34.5 Å². The van der Waals surface area contributed by atoms with Crippen molar-refractivity contribution in [3.8, 4) is 5.75 Å². The third-order valence-corrected chi connectivity index (χ3v) is 8.52. The average molecular weight is 581 g/mol. The largest absolute Gasteiger partial charge is 0.496 e. The molecular formula is C30H27Cl2N3O3S. The highest BCUT2D eigenvalue weighted by atomic mass is 35.5. The second-order valence-corrected chi connectivity index (χ2v) is 11.0. The van der Waals surface area contributed by atoms with Gasteiger partial charge in [-0.05, 0) is 61.4 Å². The summed E-state index contributed by atoms with van der Waals surface area (Å²) in [5.74, 6) is 0.435. The number of halogens is 2. The molecule has 1 amide bonds. The highest BCUT2D eigenvalue weighted by Gasteiger charge is 2.36. The van der Waals surface area contributed by atoms with Crippen LogP contribution in [-0.2, 0) is 4.79 Å². The quantitative estimate of drug-likeness (QED) is 0.300. The number of hydrogen-bond donors (Lipinski definition) is 0. The van der Waals surface area contributed by atoms with Crippen LogP contribution in [-0.4, -0.2) is 35.6 Å². The number of likely N-dealkylation sites (N-methyl/N-ethyl adjacent to an activating group) is 1. The number of thiazole rings is 1. The van der Waals surface area contributed by atoms with E-state index in [2.05, 4.69) is 0 Å². The van der Waals surface area contributed by atoms with Crippen molar-refractivity contribution < 1.29 is 9.53 Å². The molecule has 200 valence electrons. The molecule has 0 saturated carbocycles. The van der Waals surface area contributed by atoms with Crippen molar-refractivity contribution in [3.05, 3.63) is 107 Å². The van der Waals surface area contributed by atoms with Crippen LogP contribution < -0.4 is 19.6 Å². The number of ether oxygens (including phenoxy) is 1. The number of hydrogen-bond acceptors (Lipinski definition) is 5. The molecule has 1 aliphatic heterocycles. The highest BCUT2D eigenvalue weighted by Crippen LogP contribution is 2.40. The second kappa shape index (κ2) is 11.0. The number of rotatable bonds is 6. The number of benzene rings is 3. The standard InChI is InChI=1S/C30H27Cl2N3O3S/c1-5-34(6-2)29(37)25-17(3)33-30-35(28(36)24(39-30)15-19-11-13-20(31)16-22(19)32)27(25)26-21-10-8-7-9-18(21)12-14-23(26)38-4/h7-16,27H,5-6H2,1-4H3/b24-15+/t27-/m1/s1. The summed E-state index contributed by atoms with van der Waals surface area (Å²) in [7, 11) is 1.60. The minimum Gasteiger partial charge on any atom is -0.496 e. The van der Waals surface area contributed by atoms with Crippen LogP contribution in [0.2, 0.25) is 10.0 Å². The Hall–Kier alpha value is -3.39. The molecule has 4 aromatic rings. The monoisotopic (exact) mass is 579 g/mol. The first-order valence-electron chi connectivity index (χ1n) is 12.6. The summed E-state index contributed by atoms with van der Waals surface area (Å²) < 4.78 is 7.91. The number of allylic oxidation sites excluding steroid dienone is 1. The normalized spacial score (nSPS) is 15.3. The van der Waals surface area contributed by atoms with E-state index in [-0.39, 0.29) is 11.5 Å². The third kappa shape index (κ3) is 4.80. The Morgan fingerprint density at radius 2 is 1.87 bits per heavy atom. The van der Waals surface area contributed by atoms with Crippen molar-refractivity contribution in [3.63, 3.8) is 0 Å². The Kier molecular flexibility index (Phi) is 7.67. The minimum absolute atomic E-state index is 0.156. The highest BCUT2D eigenvalue weighted by molar-refractivity contribution is 7.07. The lowest BCUT2D eigenvalue weighted by molar-refractivity contribution is -0.127. The van der Waals surface area contributed by atoms with E-state index < -0.39 is 6.04 Å². The summed E-state index contributed by atoms with van der Waals surface area (Å²) in [5.41, 5.74) is 2.18. The lowest BCUT2D eigenvalue weighted by Gasteiger charge is -2.30. The molecule has 0 unspecified atom stereocenters. The maximum absolute atomic E-state index is 14.1. The Labute approximate surface area is 240 Å². The lowest BCUT2D eigenvalue weighted by atomic mass is 9.90. The smallest absolute Gasteiger partial charge is 0.271 e. The van der Waals surface area contributed by atoms with Crippen LogP contribution in [0.4, 0.5) is 0 Å².